The zero-order chi connectivity index (χ0) is 30.3. The quantitative estimate of drug-likeness (QED) is 0.283. The second-order valence-corrected chi connectivity index (χ2v) is 11.4. The highest BCUT2D eigenvalue weighted by Gasteiger charge is 2.22. The van der Waals surface area contributed by atoms with Gasteiger partial charge in [0.25, 0.3) is 17.4 Å². The fraction of sp³-hybridized carbons (Fsp3) is 0.469. The van der Waals surface area contributed by atoms with Crippen LogP contribution in [0.2, 0.25) is 0 Å². The maximum Gasteiger partial charge on any atom is 0.261 e. The number of carbonyl (C=O) groups excluding carboxylic acids is 2. The molecule has 1 aliphatic heterocycles. The van der Waals surface area contributed by atoms with E-state index in [0.29, 0.717) is 60.2 Å². The minimum atomic E-state index is -0.609. The van der Waals surface area contributed by atoms with Crippen LogP contribution < -0.4 is 21.5 Å². The summed E-state index contributed by atoms with van der Waals surface area (Å²) in [6.45, 7) is 4.92. The number of benzene rings is 2. The van der Waals surface area contributed by atoms with Gasteiger partial charge >= 0.3 is 0 Å². The van der Waals surface area contributed by atoms with Gasteiger partial charge in [0.05, 0.1) is 24.4 Å². The van der Waals surface area contributed by atoms with Gasteiger partial charge < -0.3 is 25.7 Å². The van der Waals surface area contributed by atoms with Gasteiger partial charge in [-0.2, -0.15) is 0 Å². The number of nitrogens with one attached hydrogen (secondary N) is 4. The van der Waals surface area contributed by atoms with Crippen molar-refractivity contribution in [1.82, 2.24) is 20.1 Å². The zero-order valence-corrected chi connectivity index (χ0v) is 24.9. The van der Waals surface area contributed by atoms with Crippen molar-refractivity contribution in [2.45, 2.75) is 44.7 Å². The standard InChI is InChI=1S/C32H41FN6O4/c1-34-28-19-24(33)17-22-18-26(32(42)37-29(22)28)31(41)36-27-9-8-21(30(40)35-10-11-39-12-14-43-15-13-39)16-23(27)20-38(2)25-6-4-3-5-7-25/h8-9,16-19,25,34H,3-7,10-15,20H2,1-2H3,(H,35,40)(H,36,41)(H,37,42). The molecular formula is C32H41FN6O4. The molecule has 1 aliphatic carbocycles. The van der Waals surface area contributed by atoms with Crippen molar-refractivity contribution in [2.24, 2.45) is 0 Å². The number of rotatable bonds is 10. The molecule has 1 aromatic heterocycles. The highest BCUT2D eigenvalue weighted by Crippen LogP contribution is 2.27. The summed E-state index contributed by atoms with van der Waals surface area (Å²) < 4.78 is 19.6. The average molecular weight is 593 g/mol. The molecule has 0 unspecified atom stereocenters. The number of aromatic amines is 1. The maximum atomic E-state index is 14.2. The van der Waals surface area contributed by atoms with Gasteiger partial charge in [-0.15, -0.1) is 0 Å². The van der Waals surface area contributed by atoms with Crippen molar-refractivity contribution in [3.05, 3.63) is 69.3 Å². The second-order valence-electron chi connectivity index (χ2n) is 11.4. The third-order valence-corrected chi connectivity index (χ3v) is 8.48. The monoisotopic (exact) mass is 592 g/mol. The molecule has 2 aromatic carbocycles. The molecule has 43 heavy (non-hydrogen) atoms. The van der Waals surface area contributed by atoms with Crippen LogP contribution in [0.25, 0.3) is 10.9 Å². The van der Waals surface area contributed by atoms with E-state index in [9.17, 15) is 18.8 Å². The van der Waals surface area contributed by atoms with E-state index in [0.717, 1.165) is 38.0 Å². The first kappa shape index (κ1) is 30.7. The molecule has 0 bridgehead atoms. The minimum Gasteiger partial charge on any atom is -0.386 e. The Morgan fingerprint density at radius 3 is 2.56 bits per heavy atom. The lowest BCUT2D eigenvalue weighted by Crippen LogP contribution is -2.41. The maximum absolute atomic E-state index is 14.2. The van der Waals surface area contributed by atoms with Crippen LogP contribution in [0.5, 0.6) is 0 Å². The van der Waals surface area contributed by atoms with Crippen molar-refractivity contribution in [1.29, 1.82) is 0 Å². The Kier molecular flexibility index (Phi) is 10.1. The lowest BCUT2D eigenvalue weighted by atomic mass is 9.94. The molecule has 1 saturated heterocycles. The van der Waals surface area contributed by atoms with Crippen LogP contribution in [-0.2, 0) is 11.3 Å². The molecule has 5 rings (SSSR count). The number of nitrogens with zero attached hydrogens (tertiary/aromatic N) is 2. The minimum absolute atomic E-state index is 0.128. The number of amides is 2. The smallest absolute Gasteiger partial charge is 0.261 e. The largest absolute Gasteiger partial charge is 0.386 e. The summed E-state index contributed by atoms with van der Waals surface area (Å²) in [7, 11) is 3.70. The third kappa shape index (κ3) is 7.59. The molecule has 0 radical (unpaired) electrons. The fourth-order valence-corrected chi connectivity index (χ4v) is 6.00. The number of carbonyl (C=O) groups is 2. The topological polar surface area (TPSA) is 119 Å². The molecule has 0 atom stereocenters. The number of hydrogen-bond donors (Lipinski definition) is 4. The van der Waals surface area contributed by atoms with Crippen LogP contribution in [0.4, 0.5) is 15.8 Å². The number of halogens is 1. The van der Waals surface area contributed by atoms with E-state index < -0.39 is 17.3 Å². The predicted octanol–water partition coefficient (Wildman–Crippen LogP) is 3.79. The van der Waals surface area contributed by atoms with Crippen LogP contribution in [0, 0.1) is 5.82 Å². The third-order valence-electron chi connectivity index (χ3n) is 8.48. The number of ether oxygens (including phenoxy) is 1. The number of hydrogen-bond acceptors (Lipinski definition) is 7. The number of fused-ring (bicyclic) bond motifs is 1. The van der Waals surface area contributed by atoms with Crippen LogP contribution >= 0.6 is 0 Å². The molecule has 1 saturated carbocycles. The Balaban J connectivity index is 1.37. The molecule has 4 N–H and O–H groups in total. The van der Waals surface area contributed by atoms with Gasteiger partial charge in [-0.1, -0.05) is 19.3 Å². The van der Waals surface area contributed by atoms with Gasteiger partial charge in [-0.25, -0.2) is 4.39 Å². The predicted molar refractivity (Wildman–Crippen MR) is 166 cm³/mol. The van der Waals surface area contributed by atoms with Gasteiger partial charge in [0, 0.05) is 62.5 Å². The number of aromatic nitrogens is 1. The molecule has 2 aliphatic rings. The Hall–Kier alpha value is -3.80. The van der Waals surface area contributed by atoms with E-state index in [1.165, 1.54) is 37.5 Å². The Labute approximate surface area is 251 Å². The first-order valence-corrected chi connectivity index (χ1v) is 15.1. The van der Waals surface area contributed by atoms with E-state index in [1.807, 2.05) is 6.07 Å². The zero-order valence-electron chi connectivity index (χ0n) is 24.9. The van der Waals surface area contributed by atoms with Crippen molar-refractivity contribution in [2.75, 3.05) is 64.1 Å². The summed E-state index contributed by atoms with van der Waals surface area (Å²) in [5.74, 6) is -1.27. The number of H-pyrrole nitrogens is 1. The first-order valence-electron chi connectivity index (χ1n) is 15.1. The lowest BCUT2D eigenvalue weighted by Gasteiger charge is -2.31. The fourth-order valence-electron chi connectivity index (χ4n) is 6.00. The molecule has 11 heteroatoms. The molecule has 2 amide bonds. The van der Waals surface area contributed by atoms with Crippen molar-refractivity contribution in [3.8, 4) is 0 Å². The molecule has 2 fully saturated rings. The van der Waals surface area contributed by atoms with E-state index in [2.05, 4.69) is 37.8 Å². The summed E-state index contributed by atoms with van der Waals surface area (Å²) >= 11 is 0. The number of anilines is 2. The Morgan fingerprint density at radius 2 is 1.81 bits per heavy atom. The Bertz CT molecular complexity index is 1510. The van der Waals surface area contributed by atoms with Crippen LogP contribution in [-0.4, -0.2) is 86.1 Å². The van der Waals surface area contributed by atoms with Crippen LogP contribution in [0.3, 0.4) is 0 Å². The number of pyridine rings is 1. The molecule has 10 nitrogen and oxygen atoms in total. The van der Waals surface area contributed by atoms with Gasteiger partial charge in [-0.3, -0.25) is 24.2 Å². The van der Waals surface area contributed by atoms with Gasteiger partial charge in [0.1, 0.15) is 11.4 Å². The first-order chi connectivity index (χ1) is 20.8. The average Bonchev–Trinajstić information content (AvgIpc) is 3.02. The van der Waals surface area contributed by atoms with E-state index in [-0.39, 0.29) is 11.5 Å². The second kappa shape index (κ2) is 14.1. The van der Waals surface area contributed by atoms with E-state index in [1.54, 1.807) is 19.2 Å². The summed E-state index contributed by atoms with van der Waals surface area (Å²) in [5.41, 5.74) is 1.94. The van der Waals surface area contributed by atoms with Crippen molar-refractivity contribution in [3.63, 3.8) is 0 Å². The van der Waals surface area contributed by atoms with Crippen molar-refractivity contribution < 1.29 is 18.7 Å². The van der Waals surface area contributed by atoms with Crippen LogP contribution in [0.15, 0.2) is 41.2 Å². The molecule has 3 aromatic rings. The van der Waals surface area contributed by atoms with Gasteiger partial charge in [0.2, 0.25) is 0 Å². The lowest BCUT2D eigenvalue weighted by molar-refractivity contribution is 0.0383. The summed E-state index contributed by atoms with van der Waals surface area (Å²) in [6, 6.07) is 9.60. The summed E-state index contributed by atoms with van der Waals surface area (Å²) in [4.78, 5) is 46.7. The molecular weight excluding hydrogens is 551 g/mol. The van der Waals surface area contributed by atoms with Crippen LogP contribution in [0.1, 0.15) is 58.4 Å². The summed E-state index contributed by atoms with van der Waals surface area (Å²) in [5, 5.41) is 9.17. The Morgan fingerprint density at radius 1 is 1.05 bits per heavy atom. The molecule has 230 valence electrons. The molecule has 0 spiro atoms. The SMILES string of the molecule is CNc1cc(F)cc2cc(C(=O)Nc3ccc(C(=O)NCCN4CCOCC4)cc3CN(C)C3CCCCC3)c(=O)[nH]c12. The van der Waals surface area contributed by atoms with Crippen molar-refractivity contribution >= 4 is 34.1 Å². The van der Waals surface area contributed by atoms with E-state index >= 15 is 0 Å². The van der Waals surface area contributed by atoms with Gasteiger partial charge in [0.15, 0.2) is 0 Å². The highest BCUT2D eigenvalue weighted by molar-refractivity contribution is 6.07. The van der Waals surface area contributed by atoms with E-state index in [4.69, 9.17) is 4.74 Å². The van der Waals surface area contributed by atoms with Gasteiger partial charge in [-0.05, 0) is 61.9 Å². The number of morpholine rings is 1. The highest BCUT2D eigenvalue weighted by atomic mass is 19.1. The normalized spacial score (nSPS) is 16.4. The summed E-state index contributed by atoms with van der Waals surface area (Å²) in [6.07, 6.45) is 5.83. The molecule has 2 heterocycles.